The van der Waals surface area contributed by atoms with Gasteiger partial charge in [0.2, 0.25) is 5.91 Å². The van der Waals surface area contributed by atoms with Gasteiger partial charge in [-0.1, -0.05) is 18.5 Å². The molecule has 2 rings (SSSR count). The lowest BCUT2D eigenvalue weighted by Crippen LogP contribution is -2.52. The molecule has 1 aromatic carbocycles. The van der Waals surface area contributed by atoms with Crippen molar-refractivity contribution in [2.24, 2.45) is 0 Å². The van der Waals surface area contributed by atoms with Crippen LogP contribution in [0.2, 0.25) is 5.02 Å². The minimum absolute atomic E-state index is 0.161. The van der Waals surface area contributed by atoms with Crippen LogP contribution in [-0.2, 0) is 14.3 Å². The normalized spacial score (nSPS) is 18.8. The average Bonchev–Trinajstić information content (AvgIpc) is 2.45. The van der Waals surface area contributed by atoms with Gasteiger partial charge in [-0.15, -0.1) is 0 Å². The van der Waals surface area contributed by atoms with Crippen LogP contribution in [0.4, 0.5) is 11.4 Å². The molecule has 5 nitrogen and oxygen atoms in total. The highest BCUT2D eigenvalue weighted by atomic mass is 35.5. The molecule has 114 valence electrons. The standard InChI is InChI=1S/C15H19ClN2O3/c1-4-7-21-15(20)10(3)18-13-6-5-11(16)8-12(13)17-9(2)14(18)19/h5-6,8-10,17H,4,7H2,1-3H3. The van der Waals surface area contributed by atoms with E-state index in [0.717, 1.165) is 12.1 Å². The van der Waals surface area contributed by atoms with E-state index in [1.807, 2.05) is 6.92 Å². The Labute approximate surface area is 129 Å². The number of hydrogen-bond donors (Lipinski definition) is 1. The minimum Gasteiger partial charge on any atom is -0.464 e. The van der Waals surface area contributed by atoms with Crippen LogP contribution in [0.1, 0.15) is 27.2 Å². The molecule has 2 atom stereocenters. The first-order valence-electron chi connectivity index (χ1n) is 7.01. The highest BCUT2D eigenvalue weighted by molar-refractivity contribution is 6.31. The number of carbonyl (C=O) groups excluding carboxylic acids is 2. The van der Waals surface area contributed by atoms with E-state index in [9.17, 15) is 9.59 Å². The Bertz CT molecular complexity index is 562. The Morgan fingerprint density at radius 3 is 2.90 bits per heavy atom. The predicted molar refractivity (Wildman–Crippen MR) is 82.7 cm³/mol. The summed E-state index contributed by atoms with van der Waals surface area (Å²) in [5.41, 5.74) is 1.38. The number of amides is 1. The molecule has 1 N–H and O–H groups in total. The van der Waals surface area contributed by atoms with Gasteiger partial charge in [-0.3, -0.25) is 9.69 Å². The lowest BCUT2D eigenvalue weighted by molar-refractivity contribution is -0.146. The molecule has 0 radical (unpaired) electrons. The maximum absolute atomic E-state index is 12.4. The summed E-state index contributed by atoms with van der Waals surface area (Å²) in [6.07, 6.45) is 0.747. The molecule has 0 bridgehead atoms. The number of halogens is 1. The summed E-state index contributed by atoms with van der Waals surface area (Å²) in [5.74, 6) is -0.564. The van der Waals surface area contributed by atoms with Gasteiger partial charge in [-0.2, -0.15) is 0 Å². The van der Waals surface area contributed by atoms with E-state index in [-0.39, 0.29) is 5.91 Å². The SMILES string of the molecule is CCCOC(=O)C(C)N1C(=O)C(C)Nc2cc(Cl)ccc21. The average molecular weight is 311 g/mol. The molecular weight excluding hydrogens is 292 g/mol. The zero-order valence-corrected chi connectivity index (χ0v) is 13.1. The first kappa shape index (κ1) is 15.6. The molecule has 21 heavy (non-hydrogen) atoms. The van der Waals surface area contributed by atoms with Crippen molar-refractivity contribution in [1.29, 1.82) is 0 Å². The Balaban J connectivity index is 2.33. The van der Waals surface area contributed by atoms with Gasteiger partial charge in [0.25, 0.3) is 0 Å². The molecule has 0 aromatic heterocycles. The van der Waals surface area contributed by atoms with E-state index in [2.05, 4.69) is 5.32 Å². The van der Waals surface area contributed by atoms with Crippen molar-refractivity contribution in [2.45, 2.75) is 39.3 Å². The molecule has 1 amide bonds. The molecule has 0 saturated carbocycles. The lowest BCUT2D eigenvalue weighted by atomic mass is 10.1. The van der Waals surface area contributed by atoms with Crippen molar-refractivity contribution in [2.75, 3.05) is 16.8 Å². The van der Waals surface area contributed by atoms with Gasteiger partial charge in [0.15, 0.2) is 0 Å². The van der Waals surface area contributed by atoms with Crippen molar-refractivity contribution < 1.29 is 14.3 Å². The van der Waals surface area contributed by atoms with Crippen LogP contribution >= 0.6 is 11.6 Å². The van der Waals surface area contributed by atoms with Gasteiger partial charge in [0.05, 0.1) is 18.0 Å². The molecule has 0 fully saturated rings. The summed E-state index contributed by atoms with van der Waals surface area (Å²) in [4.78, 5) is 26.0. The minimum atomic E-state index is -0.673. The smallest absolute Gasteiger partial charge is 0.328 e. The number of benzene rings is 1. The van der Waals surface area contributed by atoms with E-state index in [0.29, 0.717) is 17.3 Å². The third-order valence-corrected chi connectivity index (χ3v) is 3.61. The fourth-order valence-corrected chi connectivity index (χ4v) is 2.46. The first-order valence-corrected chi connectivity index (χ1v) is 7.39. The van der Waals surface area contributed by atoms with E-state index >= 15 is 0 Å². The second-order valence-electron chi connectivity index (χ2n) is 5.08. The zero-order chi connectivity index (χ0) is 15.6. The fraction of sp³-hybridized carbons (Fsp3) is 0.467. The van der Waals surface area contributed by atoms with Crippen LogP contribution in [0, 0.1) is 0 Å². The highest BCUT2D eigenvalue weighted by Crippen LogP contribution is 2.35. The van der Waals surface area contributed by atoms with Crippen LogP contribution in [-0.4, -0.2) is 30.6 Å². The summed E-state index contributed by atoms with van der Waals surface area (Å²) in [5, 5.41) is 3.66. The second kappa shape index (κ2) is 6.35. The van der Waals surface area contributed by atoms with Crippen LogP contribution < -0.4 is 10.2 Å². The monoisotopic (exact) mass is 310 g/mol. The zero-order valence-electron chi connectivity index (χ0n) is 12.4. The molecule has 1 aromatic rings. The number of ether oxygens (including phenoxy) is 1. The van der Waals surface area contributed by atoms with Gasteiger partial charge in [-0.25, -0.2) is 4.79 Å². The Morgan fingerprint density at radius 1 is 1.52 bits per heavy atom. The summed E-state index contributed by atoms with van der Waals surface area (Å²) in [7, 11) is 0. The number of carbonyl (C=O) groups is 2. The molecule has 1 aliphatic heterocycles. The molecule has 0 spiro atoms. The summed E-state index contributed by atoms with van der Waals surface area (Å²) >= 11 is 5.98. The molecule has 2 unspecified atom stereocenters. The van der Waals surface area contributed by atoms with Gasteiger partial charge < -0.3 is 10.1 Å². The number of nitrogens with zero attached hydrogens (tertiary/aromatic N) is 1. The van der Waals surface area contributed by atoms with Crippen LogP contribution in [0.15, 0.2) is 18.2 Å². The van der Waals surface area contributed by atoms with Crippen LogP contribution in [0.3, 0.4) is 0 Å². The van der Waals surface area contributed by atoms with Crippen molar-refractivity contribution in [1.82, 2.24) is 0 Å². The Kier molecular flexibility index (Phi) is 4.73. The van der Waals surface area contributed by atoms with Crippen LogP contribution in [0.25, 0.3) is 0 Å². The van der Waals surface area contributed by atoms with Crippen molar-refractivity contribution in [3.05, 3.63) is 23.2 Å². The number of esters is 1. The lowest BCUT2D eigenvalue weighted by Gasteiger charge is -2.36. The quantitative estimate of drug-likeness (QED) is 0.869. The summed E-state index contributed by atoms with van der Waals surface area (Å²) in [6, 6.07) is 4.09. The molecule has 0 saturated heterocycles. The van der Waals surface area contributed by atoms with Gasteiger partial charge >= 0.3 is 5.97 Å². The maximum Gasteiger partial charge on any atom is 0.328 e. The van der Waals surface area contributed by atoms with E-state index in [1.54, 1.807) is 32.0 Å². The van der Waals surface area contributed by atoms with E-state index in [4.69, 9.17) is 16.3 Å². The largest absolute Gasteiger partial charge is 0.464 e. The Hall–Kier alpha value is -1.75. The number of anilines is 2. The molecular formula is C15H19ClN2O3. The molecule has 0 aliphatic carbocycles. The number of fused-ring (bicyclic) bond motifs is 1. The number of nitrogens with one attached hydrogen (secondary N) is 1. The molecule has 1 aliphatic rings. The van der Waals surface area contributed by atoms with Crippen molar-refractivity contribution >= 4 is 34.9 Å². The first-order chi connectivity index (χ1) is 9.95. The Morgan fingerprint density at radius 2 is 2.24 bits per heavy atom. The van der Waals surface area contributed by atoms with Crippen LogP contribution in [0.5, 0.6) is 0 Å². The number of hydrogen-bond acceptors (Lipinski definition) is 4. The maximum atomic E-state index is 12.4. The van der Waals surface area contributed by atoms with Crippen molar-refractivity contribution in [3.8, 4) is 0 Å². The summed E-state index contributed by atoms with van der Waals surface area (Å²) < 4.78 is 5.15. The highest BCUT2D eigenvalue weighted by Gasteiger charge is 2.36. The van der Waals surface area contributed by atoms with E-state index in [1.165, 1.54) is 4.90 Å². The van der Waals surface area contributed by atoms with Gasteiger partial charge in [0.1, 0.15) is 12.1 Å². The topological polar surface area (TPSA) is 58.6 Å². The fourth-order valence-electron chi connectivity index (χ4n) is 2.28. The van der Waals surface area contributed by atoms with E-state index < -0.39 is 18.1 Å². The summed E-state index contributed by atoms with van der Waals surface area (Å²) in [6.45, 7) is 5.70. The third kappa shape index (κ3) is 3.13. The second-order valence-corrected chi connectivity index (χ2v) is 5.52. The van der Waals surface area contributed by atoms with Gasteiger partial charge in [-0.05, 0) is 38.5 Å². The van der Waals surface area contributed by atoms with Gasteiger partial charge in [0, 0.05) is 5.02 Å². The molecule has 1 heterocycles. The predicted octanol–water partition coefficient (Wildman–Crippen LogP) is 2.83. The third-order valence-electron chi connectivity index (χ3n) is 3.37. The number of rotatable bonds is 4. The van der Waals surface area contributed by atoms with Crippen molar-refractivity contribution in [3.63, 3.8) is 0 Å². The molecule has 6 heteroatoms.